The molecule has 1 atom stereocenters. The summed E-state index contributed by atoms with van der Waals surface area (Å²) in [5.74, 6) is 0.190. The standard InChI is InChI=1S/C14H24N2O2S/c1-3-15-11-7-8-12-19(17,18)16-13(2)14-9-5-4-6-10-14/h4-6,9-10,13,15-16H,3,7-8,11-12H2,1-2H3. The molecule has 1 aromatic rings. The highest BCUT2D eigenvalue weighted by Gasteiger charge is 2.14. The van der Waals surface area contributed by atoms with Crippen molar-refractivity contribution in [3.05, 3.63) is 35.9 Å². The lowest BCUT2D eigenvalue weighted by atomic mass is 10.1. The largest absolute Gasteiger partial charge is 0.317 e. The van der Waals surface area contributed by atoms with E-state index in [1.165, 1.54) is 0 Å². The van der Waals surface area contributed by atoms with Gasteiger partial charge in [0, 0.05) is 6.04 Å². The molecule has 5 heteroatoms. The second kappa shape index (κ2) is 8.30. The van der Waals surface area contributed by atoms with Gasteiger partial charge in [0.25, 0.3) is 0 Å². The molecule has 1 unspecified atom stereocenters. The van der Waals surface area contributed by atoms with Crippen LogP contribution in [0.3, 0.4) is 0 Å². The average molecular weight is 284 g/mol. The highest BCUT2D eigenvalue weighted by molar-refractivity contribution is 7.89. The minimum absolute atomic E-state index is 0.181. The Morgan fingerprint density at radius 3 is 2.47 bits per heavy atom. The average Bonchev–Trinajstić information content (AvgIpc) is 2.39. The van der Waals surface area contributed by atoms with Crippen molar-refractivity contribution in [3.8, 4) is 0 Å². The lowest BCUT2D eigenvalue weighted by Gasteiger charge is -2.14. The van der Waals surface area contributed by atoms with Crippen LogP contribution in [0.1, 0.15) is 38.3 Å². The first-order valence-electron chi connectivity index (χ1n) is 6.81. The maximum Gasteiger partial charge on any atom is 0.212 e. The first-order valence-corrected chi connectivity index (χ1v) is 8.46. The van der Waals surface area contributed by atoms with Crippen LogP contribution in [0.25, 0.3) is 0 Å². The van der Waals surface area contributed by atoms with Crippen LogP contribution >= 0.6 is 0 Å². The number of hydrogen-bond donors (Lipinski definition) is 2. The Morgan fingerprint density at radius 1 is 1.16 bits per heavy atom. The Kier molecular flexibility index (Phi) is 7.05. The van der Waals surface area contributed by atoms with Crippen LogP contribution in [-0.4, -0.2) is 27.3 Å². The lowest BCUT2D eigenvalue weighted by molar-refractivity contribution is 0.561. The first-order chi connectivity index (χ1) is 9.05. The fourth-order valence-electron chi connectivity index (χ4n) is 1.86. The number of benzene rings is 1. The molecule has 0 radical (unpaired) electrons. The third-order valence-corrected chi connectivity index (χ3v) is 4.46. The van der Waals surface area contributed by atoms with Crippen molar-refractivity contribution in [1.29, 1.82) is 0 Å². The Morgan fingerprint density at radius 2 is 1.84 bits per heavy atom. The van der Waals surface area contributed by atoms with Gasteiger partial charge in [-0.3, -0.25) is 0 Å². The van der Waals surface area contributed by atoms with Gasteiger partial charge in [-0.25, -0.2) is 13.1 Å². The predicted octanol–water partition coefficient (Wildman–Crippen LogP) is 2.06. The summed E-state index contributed by atoms with van der Waals surface area (Å²) in [5.41, 5.74) is 0.985. The zero-order valence-electron chi connectivity index (χ0n) is 11.7. The van der Waals surface area contributed by atoms with Gasteiger partial charge < -0.3 is 5.32 Å². The van der Waals surface area contributed by atoms with Crippen molar-refractivity contribution in [3.63, 3.8) is 0 Å². The maximum atomic E-state index is 11.9. The summed E-state index contributed by atoms with van der Waals surface area (Å²) in [6.45, 7) is 5.71. The second-order valence-corrected chi connectivity index (χ2v) is 6.50. The van der Waals surface area contributed by atoms with Crippen LogP contribution in [-0.2, 0) is 10.0 Å². The van der Waals surface area contributed by atoms with Gasteiger partial charge in [-0.05, 0) is 38.4 Å². The van der Waals surface area contributed by atoms with Crippen molar-refractivity contribution in [2.45, 2.75) is 32.7 Å². The van der Waals surface area contributed by atoms with E-state index in [2.05, 4.69) is 10.0 Å². The monoisotopic (exact) mass is 284 g/mol. The smallest absolute Gasteiger partial charge is 0.212 e. The highest BCUT2D eigenvalue weighted by atomic mass is 32.2. The molecule has 19 heavy (non-hydrogen) atoms. The number of sulfonamides is 1. The van der Waals surface area contributed by atoms with E-state index < -0.39 is 10.0 Å². The van der Waals surface area contributed by atoms with E-state index in [0.29, 0.717) is 6.42 Å². The third kappa shape index (κ3) is 6.71. The van der Waals surface area contributed by atoms with E-state index in [9.17, 15) is 8.42 Å². The number of rotatable bonds is 9. The van der Waals surface area contributed by atoms with Gasteiger partial charge in [-0.1, -0.05) is 37.3 Å². The van der Waals surface area contributed by atoms with E-state index in [4.69, 9.17) is 0 Å². The van der Waals surface area contributed by atoms with E-state index in [1.54, 1.807) is 0 Å². The molecule has 0 amide bonds. The minimum atomic E-state index is -3.19. The van der Waals surface area contributed by atoms with Gasteiger partial charge in [0.15, 0.2) is 0 Å². The molecular formula is C14H24N2O2S. The lowest BCUT2D eigenvalue weighted by Crippen LogP contribution is -2.29. The van der Waals surface area contributed by atoms with E-state index in [1.807, 2.05) is 44.2 Å². The normalized spacial score (nSPS) is 13.4. The van der Waals surface area contributed by atoms with Gasteiger partial charge in [0.05, 0.1) is 5.75 Å². The molecule has 1 aromatic carbocycles. The Hall–Kier alpha value is -0.910. The van der Waals surface area contributed by atoms with Crippen molar-refractivity contribution in [1.82, 2.24) is 10.0 Å². The quantitative estimate of drug-likeness (QED) is 0.682. The van der Waals surface area contributed by atoms with E-state index >= 15 is 0 Å². The molecule has 0 saturated carbocycles. The summed E-state index contributed by atoms with van der Waals surface area (Å²) in [4.78, 5) is 0. The zero-order valence-corrected chi connectivity index (χ0v) is 12.5. The number of hydrogen-bond acceptors (Lipinski definition) is 3. The summed E-state index contributed by atoms with van der Waals surface area (Å²) in [5, 5.41) is 3.19. The van der Waals surface area contributed by atoms with E-state index in [-0.39, 0.29) is 11.8 Å². The fraction of sp³-hybridized carbons (Fsp3) is 0.571. The molecule has 0 bridgehead atoms. The molecule has 4 nitrogen and oxygen atoms in total. The minimum Gasteiger partial charge on any atom is -0.317 e. The van der Waals surface area contributed by atoms with Crippen LogP contribution < -0.4 is 10.0 Å². The molecule has 0 aliphatic heterocycles. The van der Waals surface area contributed by atoms with Crippen LogP contribution in [0, 0.1) is 0 Å². The summed E-state index contributed by atoms with van der Waals surface area (Å²) in [6.07, 6.45) is 1.57. The van der Waals surface area contributed by atoms with Crippen LogP contribution in [0.15, 0.2) is 30.3 Å². The highest BCUT2D eigenvalue weighted by Crippen LogP contribution is 2.12. The Bertz CT molecular complexity index is 446. The third-order valence-electron chi connectivity index (χ3n) is 2.92. The zero-order chi connectivity index (χ0) is 14.1. The SMILES string of the molecule is CCNCCCCS(=O)(=O)NC(C)c1ccccc1. The van der Waals surface area contributed by atoms with Gasteiger partial charge in [-0.15, -0.1) is 0 Å². The molecule has 0 heterocycles. The van der Waals surface area contributed by atoms with Crippen molar-refractivity contribution >= 4 is 10.0 Å². The van der Waals surface area contributed by atoms with Crippen LogP contribution in [0.4, 0.5) is 0 Å². The molecule has 1 rings (SSSR count). The Balaban J connectivity index is 2.38. The Labute approximate surface area is 116 Å². The second-order valence-electron chi connectivity index (χ2n) is 4.63. The van der Waals surface area contributed by atoms with Crippen molar-refractivity contribution in [2.24, 2.45) is 0 Å². The molecule has 0 aliphatic rings. The summed E-state index contributed by atoms with van der Waals surface area (Å²) >= 11 is 0. The molecule has 0 aromatic heterocycles. The molecule has 0 aliphatic carbocycles. The van der Waals surface area contributed by atoms with E-state index in [0.717, 1.165) is 25.1 Å². The van der Waals surface area contributed by atoms with Gasteiger partial charge >= 0.3 is 0 Å². The van der Waals surface area contributed by atoms with Gasteiger partial charge in [0.2, 0.25) is 10.0 Å². The van der Waals surface area contributed by atoms with Crippen LogP contribution in [0.2, 0.25) is 0 Å². The number of nitrogens with one attached hydrogen (secondary N) is 2. The van der Waals surface area contributed by atoms with Crippen molar-refractivity contribution < 1.29 is 8.42 Å². The molecule has 0 saturated heterocycles. The molecule has 0 spiro atoms. The molecule has 108 valence electrons. The molecule has 0 fully saturated rings. The molecular weight excluding hydrogens is 260 g/mol. The van der Waals surface area contributed by atoms with Crippen LogP contribution in [0.5, 0.6) is 0 Å². The summed E-state index contributed by atoms with van der Waals surface area (Å²) in [6, 6.07) is 9.43. The van der Waals surface area contributed by atoms with Gasteiger partial charge in [0.1, 0.15) is 0 Å². The molecule has 2 N–H and O–H groups in total. The predicted molar refractivity (Wildman–Crippen MR) is 79.6 cm³/mol. The van der Waals surface area contributed by atoms with Gasteiger partial charge in [-0.2, -0.15) is 0 Å². The van der Waals surface area contributed by atoms with Crippen molar-refractivity contribution in [2.75, 3.05) is 18.8 Å². The fourth-order valence-corrected chi connectivity index (χ4v) is 3.23. The maximum absolute atomic E-state index is 11.9. The summed E-state index contributed by atoms with van der Waals surface area (Å²) in [7, 11) is -3.19. The first kappa shape index (κ1) is 16.1. The summed E-state index contributed by atoms with van der Waals surface area (Å²) < 4.78 is 26.5. The topological polar surface area (TPSA) is 58.2 Å². The number of unbranched alkanes of at least 4 members (excludes halogenated alkanes) is 1.